The zero-order chi connectivity index (χ0) is 9.10. The summed E-state index contributed by atoms with van der Waals surface area (Å²) in [4.78, 5) is 2.53. The fraction of sp³-hybridized carbons (Fsp3) is 0.800. The van der Waals surface area contributed by atoms with E-state index < -0.39 is 0 Å². The minimum Gasteiger partial charge on any atom is -0.402 e. The Labute approximate surface area is 79.5 Å². The molecule has 2 heterocycles. The Balaban J connectivity index is 1.86. The van der Waals surface area contributed by atoms with Gasteiger partial charge in [-0.05, 0) is 19.3 Å². The highest BCUT2D eigenvalue weighted by Gasteiger charge is 2.22. The van der Waals surface area contributed by atoms with Crippen LogP contribution >= 0.6 is 0 Å². The zero-order valence-electron chi connectivity index (χ0n) is 8.04. The molecule has 74 valence electrons. The molecule has 3 nitrogen and oxygen atoms in total. The third-order valence-electron chi connectivity index (χ3n) is 2.98. The van der Waals surface area contributed by atoms with Crippen LogP contribution in [0.1, 0.15) is 19.3 Å². The molecule has 0 spiro atoms. The maximum absolute atomic E-state index is 5.74. The van der Waals surface area contributed by atoms with E-state index in [1.54, 1.807) is 0 Å². The number of hydrogen-bond acceptors (Lipinski definition) is 3. The lowest BCUT2D eigenvalue weighted by molar-refractivity contribution is 0.0369. The summed E-state index contributed by atoms with van der Waals surface area (Å²) < 4.78 is 5.34. The lowest BCUT2D eigenvalue weighted by Gasteiger charge is -2.35. The Bertz CT molecular complexity index is 197. The van der Waals surface area contributed by atoms with Crippen molar-refractivity contribution in [3.05, 3.63) is 11.8 Å². The SMILES string of the molecule is NC1=CCN(C2CCOCC2)CC1. The van der Waals surface area contributed by atoms with Crippen molar-refractivity contribution in [2.24, 2.45) is 5.73 Å². The summed E-state index contributed by atoms with van der Waals surface area (Å²) in [7, 11) is 0. The number of rotatable bonds is 1. The van der Waals surface area contributed by atoms with Gasteiger partial charge in [0.2, 0.25) is 0 Å². The largest absolute Gasteiger partial charge is 0.402 e. The van der Waals surface area contributed by atoms with Gasteiger partial charge in [-0.2, -0.15) is 0 Å². The summed E-state index contributed by atoms with van der Waals surface area (Å²) in [6.07, 6.45) is 5.57. The highest BCUT2D eigenvalue weighted by atomic mass is 16.5. The van der Waals surface area contributed by atoms with Gasteiger partial charge in [0, 0.05) is 38.0 Å². The molecule has 0 aromatic carbocycles. The topological polar surface area (TPSA) is 38.5 Å². The van der Waals surface area contributed by atoms with Gasteiger partial charge in [-0.25, -0.2) is 0 Å². The fourth-order valence-corrected chi connectivity index (χ4v) is 2.08. The second-order valence-electron chi connectivity index (χ2n) is 3.87. The van der Waals surface area contributed by atoms with Gasteiger partial charge < -0.3 is 10.5 Å². The second kappa shape index (κ2) is 4.11. The molecule has 0 amide bonds. The molecule has 2 N–H and O–H groups in total. The maximum Gasteiger partial charge on any atom is 0.0480 e. The normalized spacial score (nSPS) is 27.2. The van der Waals surface area contributed by atoms with Crippen LogP contribution in [-0.2, 0) is 4.74 Å². The van der Waals surface area contributed by atoms with E-state index in [2.05, 4.69) is 11.0 Å². The van der Waals surface area contributed by atoms with Crippen molar-refractivity contribution in [3.8, 4) is 0 Å². The summed E-state index contributed by atoms with van der Waals surface area (Å²) in [5.41, 5.74) is 6.79. The van der Waals surface area contributed by atoms with E-state index in [4.69, 9.17) is 10.5 Å². The Morgan fingerprint density at radius 1 is 1.38 bits per heavy atom. The molecule has 0 bridgehead atoms. The van der Waals surface area contributed by atoms with Crippen LogP contribution in [0.3, 0.4) is 0 Å². The Morgan fingerprint density at radius 3 is 2.77 bits per heavy atom. The van der Waals surface area contributed by atoms with Gasteiger partial charge in [0.25, 0.3) is 0 Å². The molecule has 0 aromatic rings. The average Bonchev–Trinajstić information content (AvgIpc) is 2.20. The molecule has 1 saturated heterocycles. The van der Waals surface area contributed by atoms with Gasteiger partial charge in [-0.1, -0.05) is 6.08 Å². The van der Waals surface area contributed by atoms with Crippen molar-refractivity contribution in [3.63, 3.8) is 0 Å². The van der Waals surface area contributed by atoms with Crippen LogP contribution in [0.4, 0.5) is 0 Å². The third kappa shape index (κ3) is 2.23. The first kappa shape index (κ1) is 9.03. The molecule has 2 rings (SSSR count). The highest BCUT2D eigenvalue weighted by molar-refractivity contribution is 5.03. The monoisotopic (exact) mass is 182 g/mol. The number of nitrogens with zero attached hydrogens (tertiary/aromatic N) is 1. The van der Waals surface area contributed by atoms with Crippen molar-refractivity contribution in [2.75, 3.05) is 26.3 Å². The van der Waals surface area contributed by atoms with E-state index in [0.29, 0.717) is 0 Å². The molecule has 1 fully saturated rings. The summed E-state index contributed by atoms with van der Waals surface area (Å²) in [6.45, 7) is 4.03. The van der Waals surface area contributed by atoms with Gasteiger partial charge in [0.1, 0.15) is 0 Å². The summed E-state index contributed by atoms with van der Waals surface area (Å²) in [5, 5.41) is 0. The first-order chi connectivity index (χ1) is 6.36. The fourth-order valence-electron chi connectivity index (χ4n) is 2.08. The van der Waals surface area contributed by atoms with Crippen LogP contribution in [0.5, 0.6) is 0 Å². The van der Waals surface area contributed by atoms with Gasteiger partial charge in [-0.3, -0.25) is 4.90 Å². The van der Waals surface area contributed by atoms with Crippen molar-refractivity contribution in [2.45, 2.75) is 25.3 Å². The van der Waals surface area contributed by atoms with Gasteiger partial charge >= 0.3 is 0 Å². The average molecular weight is 182 g/mol. The van der Waals surface area contributed by atoms with E-state index in [-0.39, 0.29) is 0 Å². The van der Waals surface area contributed by atoms with Crippen molar-refractivity contribution >= 4 is 0 Å². The first-order valence-electron chi connectivity index (χ1n) is 5.12. The second-order valence-corrected chi connectivity index (χ2v) is 3.87. The quantitative estimate of drug-likeness (QED) is 0.649. The zero-order valence-corrected chi connectivity index (χ0v) is 8.04. The van der Waals surface area contributed by atoms with E-state index in [0.717, 1.165) is 44.5 Å². The van der Waals surface area contributed by atoms with Gasteiger partial charge in [-0.15, -0.1) is 0 Å². The van der Waals surface area contributed by atoms with Crippen LogP contribution in [0, 0.1) is 0 Å². The molecule has 0 unspecified atom stereocenters. The number of nitrogens with two attached hydrogens (primary N) is 1. The van der Waals surface area contributed by atoms with E-state index in [1.807, 2.05) is 0 Å². The molecule has 0 atom stereocenters. The maximum atomic E-state index is 5.74. The number of hydrogen-bond donors (Lipinski definition) is 1. The molecule has 0 aliphatic carbocycles. The van der Waals surface area contributed by atoms with Crippen LogP contribution in [0.25, 0.3) is 0 Å². The van der Waals surface area contributed by atoms with E-state index >= 15 is 0 Å². The van der Waals surface area contributed by atoms with Crippen LogP contribution in [0.15, 0.2) is 11.8 Å². The molecule has 2 aliphatic rings. The summed E-state index contributed by atoms with van der Waals surface area (Å²) in [5.74, 6) is 0. The van der Waals surface area contributed by atoms with Crippen LogP contribution in [-0.4, -0.2) is 37.2 Å². The van der Waals surface area contributed by atoms with Crippen LogP contribution in [0.2, 0.25) is 0 Å². The standard InChI is InChI=1S/C10H18N2O/c11-9-1-5-12(6-2-9)10-3-7-13-8-4-10/h1,10H,2-8,11H2. The third-order valence-corrected chi connectivity index (χ3v) is 2.98. The summed E-state index contributed by atoms with van der Waals surface area (Å²) >= 11 is 0. The first-order valence-corrected chi connectivity index (χ1v) is 5.12. The lowest BCUT2D eigenvalue weighted by Crippen LogP contribution is -2.42. The van der Waals surface area contributed by atoms with Crippen molar-refractivity contribution in [1.29, 1.82) is 0 Å². The molecular formula is C10H18N2O. The molecule has 13 heavy (non-hydrogen) atoms. The molecule has 2 aliphatic heterocycles. The van der Waals surface area contributed by atoms with Gasteiger partial charge in [0.05, 0.1) is 0 Å². The Hall–Kier alpha value is -0.540. The molecule has 0 radical (unpaired) electrons. The molecular weight excluding hydrogens is 164 g/mol. The Kier molecular flexibility index (Phi) is 2.86. The minimum atomic E-state index is 0.734. The smallest absolute Gasteiger partial charge is 0.0480 e. The number of ether oxygens (including phenoxy) is 1. The van der Waals surface area contributed by atoms with Crippen LogP contribution < -0.4 is 5.73 Å². The molecule has 3 heteroatoms. The molecule has 0 saturated carbocycles. The van der Waals surface area contributed by atoms with E-state index in [9.17, 15) is 0 Å². The molecule has 0 aromatic heterocycles. The minimum absolute atomic E-state index is 0.734. The van der Waals surface area contributed by atoms with Crippen molar-refractivity contribution in [1.82, 2.24) is 4.90 Å². The predicted octanol–water partition coefficient (Wildman–Crippen LogP) is 0.714. The Morgan fingerprint density at radius 2 is 2.15 bits per heavy atom. The van der Waals surface area contributed by atoms with Gasteiger partial charge in [0.15, 0.2) is 0 Å². The van der Waals surface area contributed by atoms with E-state index in [1.165, 1.54) is 12.8 Å². The lowest BCUT2D eigenvalue weighted by atomic mass is 10.0. The summed E-state index contributed by atoms with van der Waals surface area (Å²) in [6, 6.07) is 0.734. The predicted molar refractivity (Wildman–Crippen MR) is 52.3 cm³/mol. The van der Waals surface area contributed by atoms with Crippen molar-refractivity contribution < 1.29 is 4.74 Å². The highest BCUT2D eigenvalue weighted by Crippen LogP contribution is 2.17.